The Kier molecular flexibility index (Phi) is 6.05. The van der Waals surface area contributed by atoms with Gasteiger partial charge in [-0.3, -0.25) is 0 Å². The first-order valence-corrected chi connectivity index (χ1v) is 7.48. The molecular weight excluding hydrogens is 287 g/mol. The van der Waals surface area contributed by atoms with Crippen LogP contribution in [0.1, 0.15) is 23.2 Å². The Labute approximate surface area is 117 Å². The van der Waals surface area contributed by atoms with Crippen molar-refractivity contribution < 1.29 is 22.3 Å². The fourth-order valence-corrected chi connectivity index (χ4v) is 2.83. The van der Waals surface area contributed by atoms with Gasteiger partial charge in [-0.1, -0.05) is 0 Å². The van der Waals surface area contributed by atoms with Crippen LogP contribution in [0.4, 0.5) is 4.39 Å². The van der Waals surface area contributed by atoms with Crippen LogP contribution in [0.15, 0.2) is 23.1 Å². The van der Waals surface area contributed by atoms with Gasteiger partial charge in [-0.05, 0) is 37.6 Å². The highest BCUT2D eigenvalue weighted by Gasteiger charge is 2.23. The van der Waals surface area contributed by atoms with Crippen LogP contribution in [-0.2, 0) is 14.8 Å². The highest BCUT2D eigenvalue weighted by molar-refractivity contribution is 7.89. The van der Waals surface area contributed by atoms with E-state index in [1.54, 1.807) is 0 Å². The number of esters is 1. The van der Waals surface area contributed by atoms with E-state index in [1.165, 1.54) is 0 Å². The first-order chi connectivity index (χ1) is 9.42. The molecule has 0 radical (unpaired) electrons. The molecule has 1 rings (SSSR count). The lowest BCUT2D eigenvalue weighted by Gasteiger charge is -2.10. The van der Waals surface area contributed by atoms with Gasteiger partial charge < -0.3 is 10.5 Å². The molecule has 0 fully saturated rings. The van der Waals surface area contributed by atoms with E-state index < -0.39 is 26.7 Å². The number of benzene rings is 1. The summed E-state index contributed by atoms with van der Waals surface area (Å²) in [4.78, 5) is 11.1. The zero-order chi connectivity index (χ0) is 15.2. The second kappa shape index (κ2) is 7.32. The summed E-state index contributed by atoms with van der Waals surface area (Å²) in [6.45, 7) is 0.617. The van der Waals surface area contributed by atoms with E-state index in [4.69, 9.17) is 5.73 Å². The fourth-order valence-electron chi connectivity index (χ4n) is 1.55. The third kappa shape index (κ3) is 4.26. The van der Waals surface area contributed by atoms with Gasteiger partial charge >= 0.3 is 5.97 Å². The van der Waals surface area contributed by atoms with E-state index in [2.05, 4.69) is 9.46 Å². The van der Waals surface area contributed by atoms with Crippen molar-refractivity contribution in [2.45, 2.75) is 17.7 Å². The molecule has 1 aromatic rings. The monoisotopic (exact) mass is 304 g/mol. The van der Waals surface area contributed by atoms with E-state index in [9.17, 15) is 17.6 Å². The Balaban J connectivity index is 3.03. The van der Waals surface area contributed by atoms with E-state index in [0.717, 1.165) is 25.3 Å². The molecule has 0 aliphatic rings. The summed E-state index contributed by atoms with van der Waals surface area (Å²) < 4.78 is 44.2. The predicted octanol–water partition coefficient (Wildman–Crippen LogP) is 0.630. The summed E-state index contributed by atoms with van der Waals surface area (Å²) >= 11 is 0. The van der Waals surface area contributed by atoms with Crippen LogP contribution in [0.2, 0.25) is 0 Å². The van der Waals surface area contributed by atoms with Gasteiger partial charge in [0.2, 0.25) is 10.0 Å². The predicted molar refractivity (Wildman–Crippen MR) is 71.2 cm³/mol. The number of carbonyl (C=O) groups excluding carboxylic acids is 1. The summed E-state index contributed by atoms with van der Waals surface area (Å²) in [6, 6.07) is 2.87. The third-order valence-corrected chi connectivity index (χ3v) is 4.06. The lowest BCUT2D eigenvalue weighted by atomic mass is 10.2. The fraction of sp³-hybridized carbons (Fsp3) is 0.417. The van der Waals surface area contributed by atoms with E-state index in [-0.39, 0.29) is 12.1 Å². The van der Waals surface area contributed by atoms with Crippen LogP contribution < -0.4 is 10.5 Å². The molecule has 3 N–H and O–H groups in total. The minimum atomic E-state index is -3.98. The normalized spacial score (nSPS) is 11.3. The standard InChI is InChI=1S/C12H17FN2O4S/c1-19-12(16)10-5-4-9(13)8-11(10)20(17,18)15-7-3-2-6-14/h4-5,8,15H,2-3,6-7,14H2,1H3. The minimum Gasteiger partial charge on any atom is -0.465 e. The molecule has 0 unspecified atom stereocenters. The molecule has 0 bridgehead atoms. The molecule has 6 nitrogen and oxygen atoms in total. The van der Waals surface area contributed by atoms with Gasteiger partial charge in [-0.25, -0.2) is 22.3 Å². The maximum Gasteiger partial charge on any atom is 0.339 e. The van der Waals surface area contributed by atoms with E-state index in [0.29, 0.717) is 19.4 Å². The number of sulfonamides is 1. The molecule has 0 aliphatic carbocycles. The molecule has 20 heavy (non-hydrogen) atoms. The number of methoxy groups -OCH3 is 1. The number of nitrogens with one attached hydrogen (secondary N) is 1. The highest BCUT2D eigenvalue weighted by Crippen LogP contribution is 2.18. The summed E-state index contributed by atoms with van der Waals surface area (Å²) in [5.74, 6) is -1.59. The van der Waals surface area contributed by atoms with Crippen molar-refractivity contribution in [2.75, 3.05) is 20.2 Å². The Hall–Kier alpha value is -1.51. The van der Waals surface area contributed by atoms with Gasteiger partial charge in [0.1, 0.15) is 5.82 Å². The second-order valence-corrected chi connectivity index (χ2v) is 5.76. The van der Waals surface area contributed by atoms with Crippen molar-refractivity contribution in [3.63, 3.8) is 0 Å². The second-order valence-electron chi connectivity index (χ2n) is 4.03. The Morgan fingerprint density at radius 2 is 2.10 bits per heavy atom. The zero-order valence-corrected chi connectivity index (χ0v) is 11.9. The average molecular weight is 304 g/mol. The Morgan fingerprint density at radius 1 is 1.40 bits per heavy atom. The van der Waals surface area contributed by atoms with Crippen molar-refractivity contribution in [1.29, 1.82) is 0 Å². The van der Waals surface area contributed by atoms with Crippen LogP contribution in [-0.4, -0.2) is 34.6 Å². The van der Waals surface area contributed by atoms with Crippen LogP contribution in [0.25, 0.3) is 0 Å². The smallest absolute Gasteiger partial charge is 0.339 e. The summed E-state index contributed by atoms with van der Waals surface area (Å²) in [6.07, 6.45) is 1.22. The maximum absolute atomic E-state index is 13.2. The van der Waals surface area contributed by atoms with Gasteiger partial charge in [0, 0.05) is 6.54 Å². The molecule has 1 aromatic carbocycles. The van der Waals surface area contributed by atoms with Crippen molar-refractivity contribution in [2.24, 2.45) is 5.73 Å². The van der Waals surface area contributed by atoms with E-state index >= 15 is 0 Å². The number of halogens is 1. The molecule has 112 valence electrons. The Bertz CT molecular complexity index is 575. The number of hydrogen-bond acceptors (Lipinski definition) is 5. The van der Waals surface area contributed by atoms with Crippen LogP contribution in [0.5, 0.6) is 0 Å². The summed E-state index contributed by atoms with van der Waals surface area (Å²) in [5, 5.41) is 0. The number of nitrogens with two attached hydrogens (primary N) is 1. The minimum absolute atomic E-state index is 0.163. The molecule has 0 heterocycles. The van der Waals surface area contributed by atoms with Gasteiger partial charge in [0.05, 0.1) is 17.6 Å². The molecule has 0 amide bonds. The SMILES string of the molecule is COC(=O)c1ccc(F)cc1S(=O)(=O)NCCCCN. The van der Waals surface area contributed by atoms with Crippen molar-refractivity contribution >= 4 is 16.0 Å². The first-order valence-electron chi connectivity index (χ1n) is 6.00. The van der Waals surface area contributed by atoms with E-state index in [1.807, 2.05) is 0 Å². The molecular formula is C12H17FN2O4S. The third-order valence-electron chi connectivity index (χ3n) is 2.56. The molecule has 0 atom stereocenters. The first kappa shape index (κ1) is 16.5. The zero-order valence-electron chi connectivity index (χ0n) is 11.1. The summed E-state index contributed by atoms with van der Waals surface area (Å²) in [7, 11) is -2.86. The lowest BCUT2D eigenvalue weighted by Crippen LogP contribution is -2.27. The van der Waals surface area contributed by atoms with Crippen molar-refractivity contribution in [3.05, 3.63) is 29.6 Å². The summed E-state index contributed by atoms with van der Waals surface area (Å²) in [5.41, 5.74) is 5.10. The maximum atomic E-state index is 13.2. The number of rotatable bonds is 7. The van der Waals surface area contributed by atoms with Crippen LogP contribution in [0, 0.1) is 5.82 Å². The number of unbranched alkanes of at least 4 members (excludes halogenated alkanes) is 1. The number of carbonyl (C=O) groups is 1. The van der Waals surface area contributed by atoms with Crippen LogP contribution >= 0.6 is 0 Å². The molecule has 0 aliphatic heterocycles. The molecule has 0 spiro atoms. The van der Waals surface area contributed by atoms with Gasteiger partial charge in [-0.2, -0.15) is 0 Å². The highest BCUT2D eigenvalue weighted by atomic mass is 32.2. The van der Waals surface area contributed by atoms with Gasteiger partial charge in [0.15, 0.2) is 0 Å². The number of hydrogen-bond donors (Lipinski definition) is 2. The van der Waals surface area contributed by atoms with Crippen molar-refractivity contribution in [1.82, 2.24) is 4.72 Å². The topological polar surface area (TPSA) is 98.5 Å². The molecule has 0 saturated heterocycles. The number of ether oxygens (including phenoxy) is 1. The molecule has 0 saturated carbocycles. The quantitative estimate of drug-likeness (QED) is 0.568. The Morgan fingerprint density at radius 3 is 2.70 bits per heavy atom. The molecule has 8 heteroatoms. The largest absolute Gasteiger partial charge is 0.465 e. The van der Waals surface area contributed by atoms with Crippen LogP contribution in [0.3, 0.4) is 0 Å². The van der Waals surface area contributed by atoms with Gasteiger partial charge in [-0.15, -0.1) is 0 Å². The van der Waals surface area contributed by atoms with Gasteiger partial charge in [0.25, 0.3) is 0 Å². The molecule has 0 aromatic heterocycles. The lowest BCUT2D eigenvalue weighted by molar-refractivity contribution is 0.0596. The average Bonchev–Trinajstić information content (AvgIpc) is 2.42. The van der Waals surface area contributed by atoms with Crippen molar-refractivity contribution in [3.8, 4) is 0 Å².